The van der Waals surface area contributed by atoms with Gasteiger partial charge in [-0.3, -0.25) is 14.6 Å². The SMILES string of the molecule is CC#CC(=O)N1CC[C@H]1C#Cc1cnccc1-c1[nH]c2c(c1Nc1cccc(F)c1OC)C(=O)NCC2. The number of rotatable bonds is 4. The number of para-hydroxylation sites is 1. The van der Waals surface area contributed by atoms with Gasteiger partial charge in [0.05, 0.1) is 41.3 Å². The Hall–Kier alpha value is -4.76. The van der Waals surface area contributed by atoms with E-state index in [1.165, 1.54) is 13.2 Å². The number of hydrogen-bond acceptors (Lipinski definition) is 5. The minimum absolute atomic E-state index is 0.0410. The Balaban J connectivity index is 1.58. The molecule has 2 amide bonds. The molecule has 1 fully saturated rings. The molecule has 3 N–H and O–H groups in total. The Bertz CT molecular complexity index is 1520. The molecule has 0 bridgehead atoms. The van der Waals surface area contributed by atoms with Gasteiger partial charge < -0.3 is 25.3 Å². The van der Waals surface area contributed by atoms with Gasteiger partial charge in [-0.15, -0.1) is 0 Å². The molecule has 0 saturated carbocycles. The van der Waals surface area contributed by atoms with Gasteiger partial charge in [-0.2, -0.15) is 0 Å². The number of ether oxygens (including phenoxy) is 1. The summed E-state index contributed by atoms with van der Waals surface area (Å²) in [4.78, 5) is 34.3. The van der Waals surface area contributed by atoms with Crippen LogP contribution in [0.15, 0.2) is 36.7 Å². The molecule has 0 unspecified atom stereocenters. The number of nitrogens with zero attached hydrogens (tertiary/aromatic N) is 2. The topological polar surface area (TPSA) is 99.3 Å². The van der Waals surface area contributed by atoms with Crippen LogP contribution in [-0.4, -0.2) is 52.9 Å². The fourth-order valence-corrected chi connectivity index (χ4v) is 4.49. The minimum Gasteiger partial charge on any atom is -0.492 e. The number of hydrogen-bond donors (Lipinski definition) is 3. The van der Waals surface area contributed by atoms with E-state index in [0.29, 0.717) is 53.3 Å². The molecule has 9 heteroatoms. The average Bonchev–Trinajstić information content (AvgIpc) is 3.23. The second-order valence-electron chi connectivity index (χ2n) is 8.55. The molecule has 5 rings (SSSR count). The van der Waals surface area contributed by atoms with E-state index in [1.807, 2.05) is 0 Å². The molecule has 2 aliphatic rings. The predicted molar refractivity (Wildman–Crippen MR) is 137 cm³/mol. The van der Waals surface area contributed by atoms with Gasteiger partial charge in [0.1, 0.15) is 0 Å². The number of halogens is 1. The van der Waals surface area contributed by atoms with Crippen molar-refractivity contribution in [3.05, 3.63) is 59.3 Å². The van der Waals surface area contributed by atoms with Crippen LogP contribution < -0.4 is 15.4 Å². The van der Waals surface area contributed by atoms with Crippen molar-refractivity contribution in [1.29, 1.82) is 0 Å². The van der Waals surface area contributed by atoms with Gasteiger partial charge >= 0.3 is 0 Å². The highest BCUT2D eigenvalue weighted by atomic mass is 19.1. The number of carbonyl (C=O) groups is 2. The number of nitrogens with one attached hydrogen (secondary N) is 3. The van der Waals surface area contributed by atoms with Gasteiger partial charge in [-0.25, -0.2) is 4.39 Å². The van der Waals surface area contributed by atoms with Crippen LogP contribution in [0.2, 0.25) is 0 Å². The van der Waals surface area contributed by atoms with Crippen LogP contribution in [0.5, 0.6) is 5.75 Å². The van der Waals surface area contributed by atoms with Gasteiger partial charge in [0.2, 0.25) is 0 Å². The summed E-state index contributed by atoms with van der Waals surface area (Å²) in [5, 5.41) is 6.10. The summed E-state index contributed by atoms with van der Waals surface area (Å²) < 4.78 is 19.7. The van der Waals surface area contributed by atoms with Crippen LogP contribution in [0, 0.1) is 29.5 Å². The summed E-state index contributed by atoms with van der Waals surface area (Å²) in [7, 11) is 1.39. The number of methoxy groups -OCH3 is 1. The predicted octanol–water partition coefficient (Wildman–Crippen LogP) is 3.23. The molecule has 37 heavy (non-hydrogen) atoms. The zero-order valence-electron chi connectivity index (χ0n) is 20.4. The summed E-state index contributed by atoms with van der Waals surface area (Å²) in [6, 6.07) is 6.14. The van der Waals surface area contributed by atoms with Gasteiger partial charge in [-0.05, 0) is 37.5 Å². The molecule has 186 valence electrons. The van der Waals surface area contributed by atoms with E-state index in [0.717, 1.165) is 12.1 Å². The lowest BCUT2D eigenvalue weighted by Gasteiger charge is -2.36. The zero-order chi connectivity index (χ0) is 25.9. The third-order valence-corrected chi connectivity index (χ3v) is 6.37. The molecule has 1 atom stereocenters. The number of pyridine rings is 1. The van der Waals surface area contributed by atoms with Crippen molar-refractivity contribution >= 4 is 23.2 Å². The zero-order valence-corrected chi connectivity index (χ0v) is 20.4. The van der Waals surface area contributed by atoms with Crippen molar-refractivity contribution < 1.29 is 18.7 Å². The number of amides is 2. The highest BCUT2D eigenvalue weighted by molar-refractivity contribution is 6.06. The molecule has 2 aromatic heterocycles. The van der Waals surface area contributed by atoms with Gasteiger partial charge in [-0.1, -0.05) is 23.8 Å². The number of anilines is 2. The molecule has 2 aliphatic heterocycles. The molecule has 4 heterocycles. The third kappa shape index (κ3) is 4.48. The molecule has 3 aromatic rings. The first-order valence-electron chi connectivity index (χ1n) is 11.8. The summed E-state index contributed by atoms with van der Waals surface area (Å²) >= 11 is 0. The monoisotopic (exact) mass is 497 g/mol. The quantitative estimate of drug-likeness (QED) is 0.481. The van der Waals surface area contributed by atoms with Gasteiger partial charge in [0, 0.05) is 43.2 Å². The summed E-state index contributed by atoms with van der Waals surface area (Å²) in [6.45, 7) is 2.75. The highest BCUT2D eigenvalue weighted by Gasteiger charge is 2.30. The standard InChI is InChI=1S/C28H24FN5O3/c1-3-5-23(35)34-15-12-18(34)9-8-17-16-30-13-10-19(17)25-26(24-21(32-25)11-14-31-28(24)36)33-22-7-4-6-20(29)27(22)37-2/h4,6-7,10,13,16,18,32-33H,11-12,14-15H2,1-2H3,(H,31,36)/t18-/m1/s1. The van der Waals surface area contributed by atoms with Crippen molar-refractivity contribution in [3.8, 4) is 40.7 Å². The first kappa shape index (κ1) is 24.0. The largest absolute Gasteiger partial charge is 0.492 e. The third-order valence-electron chi connectivity index (χ3n) is 6.37. The smallest absolute Gasteiger partial charge is 0.299 e. The van der Waals surface area contributed by atoms with Crippen molar-refractivity contribution in [2.24, 2.45) is 0 Å². The lowest BCUT2D eigenvalue weighted by atomic mass is 10.0. The van der Waals surface area contributed by atoms with Crippen molar-refractivity contribution in [2.75, 3.05) is 25.5 Å². The molecule has 0 spiro atoms. The van der Waals surface area contributed by atoms with Crippen LogP contribution in [0.4, 0.5) is 15.8 Å². The maximum atomic E-state index is 14.4. The lowest BCUT2D eigenvalue weighted by molar-refractivity contribution is -0.130. The van der Waals surface area contributed by atoms with Crippen LogP contribution in [-0.2, 0) is 11.2 Å². The number of carbonyl (C=O) groups excluding carboxylic acids is 2. The fourth-order valence-electron chi connectivity index (χ4n) is 4.49. The molecule has 1 saturated heterocycles. The maximum absolute atomic E-state index is 14.4. The Morgan fingerprint density at radius 3 is 2.95 bits per heavy atom. The number of fused-ring (bicyclic) bond motifs is 1. The number of likely N-dealkylation sites (tertiary alicyclic amines) is 1. The molecule has 0 aliphatic carbocycles. The molecule has 8 nitrogen and oxygen atoms in total. The van der Waals surface area contributed by atoms with Crippen molar-refractivity contribution in [3.63, 3.8) is 0 Å². The second-order valence-corrected chi connectivity index (χ2v) is 8.55. The van der Waals surface area contributed by atoms with Gasteiger partial charge in [0.15, 0.2) is 11.6 Å². The summed E-state index contributed by atoms with van der Waals surface area (Å²) in [5.41, 5.74) is 4.05. The normalized spacial score (nSPS) is 15.7. The minimum atomic E-state index is -0.522. The fraction of sp³-hybridized carbons (Fsp3) is 0.250. The first-order chi connectivity index (χ1) is 18.0. The Morgan fingerprint density at radius 2 is 2.19 bits per heavy atom. The molecule has 1 aromatic carbocycles. The Labute approximate surface area is 213 Å². The number of H-pyrrole nitrogens is 1. The second kappa shape index (κ2) is 10.1. The lowest BCUT2D eigenvalue weighted by Crippen LogP contribution is -2.49. The summed E-state index contributed by atoms with van der Waals surface area (Å²) in [5.74, 6) is 10.6. The summed E-state index contributed by atoms with van der Waals surface area (Å²) in [6.07, 6.45) is 4.66. The van der Waals surface area contributed by atoms with Crippen LogP contribution >= 0.6 is 0 Å². The maximum Gasteiger partial charge on any atom is 0.299 e. The number of benzene rings is 1. The van der Waals surface area contributed by atoms with Crippen LogP contribution in [0.1, 0.15) is 35.0 Å². The Kier molecular flexibility index (Phi) is 6.53. The Morgan fingerprint density at radius 1 is 1.32 bits per heavy atom. The van der Waals surface area contributed by atoms with Crippen molar-refractivity contribution in [1.82, 2.24) is 20.2 Å². The van der Waals surface area contributed by atoms with E-state index in [4.69, 9.17) is 4.74 Å². The van der Waals surface area contributed by atoms with Crippen LogP contribution in [0.25, 0.3) is 11.3 Å². The van der Waals surface area contributed by atoms with Gasteiger partial charge in [0.25, 0.3) is 11.8 Å². The number of aromatic amines is 1. The molecular weight excluding hydrogens is 473 g/mol. The van der Waals surface area contributed by atoms with E-state index in [9.17, 15) is 14.0 Å². The first-order valence-corrected chi connectivity index (χ1v) is 11.8. The van der Waals surface area contributed by atoms with E-state index < -0.39 is 5.82 Å². The molecular formula is C28H24FN5O3. The van der Waals surface area contributed by atoms with Crippen LogP contribution in [0.3, 0.4) is 0 Å². The van der Waals surface area contributed by atoms with E-state index >= 15 is 0 Å². The average molecular weight is 498 g/mol. The highest BCUT2D eigenvalue weighted by Crippen LogP contribution is 2.40. The van der Waals surface area contributed by atoms with E-state index in [1.54, 1.807) is 42.4 Å². The van der Waals surface area contributed by atoms with E-state index in [2.05, 4.69) is 44.3 Å². The van der Waals surface area contributed by atoms with E-state index in [-0.39, 0.29) is 23.6 Å². The molecule has 0 radical (unpaired) electrons. The number of aromatic nitrogens is 2. The van der Waals surface area contributed by atoms with Crippen molar-refractivity contribution in [2.45, 2.75) is 25.8 Å².